The lowest BCUT2D eigenvalue weighted by Crippen LogP contribution is -2.01. The standard InChI is InChI=1S/C7H10ClNS/c1-4-3-6(5(2)9)10-7(4)8/h3,5H,9H2,1-2H3/t5-/m0/s1. The van der Waals surface area contributed by atoms with E-state index in [-0.39, 0.29) is 6.04 Å². The number of hydrogen-bond acceptors (Lipinski definition) is 2. The highest BCUT2D eigenvalue weighted by Crippen LogP contribution is 2.29. The van der Waals surface area contributed by atoms with Gasteiger partial charge in [0.05, 0.1) is 4.34 Å². The van der Waals surface area contributed by atoms with Crippen LogP contribution >= 0.6 is 22.9 Å². The van der Waals surface area contributed by atoms with Gasteiger partial charge in [0.2, 0.25) is 0 Å². The van der Waals surface area contributed by atoms with Gasteiger partial charge in [0, 0.05) is 10.9 Å². The number of rotatable bonds is 1. The molecule has 1 aromatic rings. The molecule has 1 heterocycles. The molecule has 0 spiro atoms. The quantitative estimate of drug-likeness (QED) is 0.698. The van der Waals surface area contributed by atoms with Crippen LogP contribution in [0.4, 0.5) is 0 Å². The third-order valence-corrected chi connectivity index (χ3v) is 3.08. The minimum atomic E-state index is 0.108. The third-order valence-electron chi connectivity index (χ3n) is 1.33. The van der Waals surface area contributed by atoms with E-state index in [0.29, 0.717) is 0 Å². The Morgan fingerprint density at radius 2 is 2.30 bits per heavy atom. The first-order chi connectivity index (χ1) is 4.61. The van der Waals surface area contributed by atoms with Gasteiger partial charge in [-0.05, 0) is 25.5 Å². The van der Waals surface area contributed by atoms with E-state index < -0.39 is 0 Å². The highest BCUT2D eigenvalue weighted by Gasteiger charge is 2.05. The van der Waals surface area contributed by atoms with E-state index in [0.717, 1.165) is 14.8 Å². The van der Waals surface area contributed by atoms with Crippen LogP contribution in [0.5, 0.6) is 0 Å². The summed E-state index contributed by atoms with van der Waals surface area (Å²) in [7, 11) is 0. The minimum Gasteiger partial charge on any atom is -0.324 e. The van der Waals surface area contributed by atoms with E-state index in [1.165, 1.54) is 0 Å². The average Bonchev–Trinajstić information content (AvgIpc) is 2.13. The normalized spacial score (nSPS) is 13.6. The van der Waals surface area contributed by atoms with Gasteiger partial charge in [0.25, 0.3) is 0 Å². The van der Waals surface area contributed by atoms with Crippen LogP contribution in [0.25, 0.3) is 0 Å². The zero-order chi connectivity index (χ0) is 7.72. The largest absolute Gasteiger partial charge is 0.324 e. The van der Waals surface area contributed by atoms with Gasteiger partial charge in [-0.3, -0.25) is 0 Å². The van der Waals surface area contributed by atoms with Crippen molar-refractivity contribution in [2.24, 2.45) is 5.73 Å². The molecule has 0 amide bonds. The van der Waals surface area contributed by atoms with Gasteiger partial charge in [-0.2, -0.15) is 0 Å². The maximum atomic E-state index is 5.84. The second-order valence-corrected chi connectivity index (χ2v) is 4.08. The number of aryl methyl sites for hydroxylation is 1. The predicted octanol–water partition coefficient (Wildman–Crippen LogP) is 2.73. The van der Waals surface area contributed by atoms with Gasteiger partial charge < -0.3 is 5.73 Å². The molecule has 0 saturated carbocycles. The predicted molar refractivity (Wildman–Crippen MR) is 46.7 cm³/mol. The van der Waals surface area contributed by atoms with Gasteiger partial charge in [0.1, 0.15) is 0 Å². The van der Waals surface area contributed by atoms with Crippen molar-refractivity contribution >= 4 is 22.9 Å². The lowest BCUT2D eigenvalue weighted by Gasteiger charge is -1.96. The van der Waals surface area contributed by atoms with Crippen molar-refractivity contribution in [1.29, 1.82) is 0 Å². The first-order valence-corrected chi connectivity index (χ1v) is 4.32. The minimum absolute atomic E-state index is 0.108. The topological polar surface area (TPSA) is 26.0 Å². The van der Waals surface area contributed by atoms with E-state index in [1.54, 1.807) is 11.3 Å². The Balaban J connectivity index is 2.98. The molecule has 0 aliphatic carbocycles. The molecule has 0 fully saturated rings. The Bertz CT molecular complexity index is 210. The van der Waals surface area contributed by atoms with Crippen molar-refractivity contribution in [1.82, 2.24) is 0 Å². The molecule has 0 aliphatic rings. The second kappa shape index (κ2) is 2.91. The van der Waals surface area contributed by atoms with E-state index >= 15 is 0 Å². The monoisotopic (exact) mass is 175 g/mol. The summed E-state index contributed by atoms with van der Waals surface area (Å²) in [6.45, 7) is 3.95. The Morgan fingerprint density at radius 1 is 1.70 bits per heavy atom. The fourth-order valence-corrected chi connectivity index (χ4v) is 1.88. The van der Waals surface area contributed by atoms with Crippen molar-refractivity contribution < 1.29 is 0 Å². The molecule has 0 aromatic carbocycles. The summed E-state index contributed by atoms with van der Waals surface area (Å²) in [6.07, 6.45) is 0. The first-order valence-electron chi connectivity index (χ1n) is 3.12. The molecule has 0 aliphatic heterocycles. The van der Waals surface area contributed by atoms with E-state index in [1.807, 2.05) is 19.9 Å². The maximum Gasteiger partial charge on any atom is 0.0960 e. The molecule has 1 atom stereocenters. The lowest BCUT2D eigenvalue weighted by atomic mass is 10.2. The Labute approximate surface area is 69.8 Å². The fourth-order valence-electron chi connectivity index (χ4n) is 0.708. The number of nitrogens with two attached hydrogens (primary N) is 1. The highest BCUT2D eigenvalue weighted by molar-refractivity contribution is 7.16. The molecule has 0 radical (unpaired) electrons. The summed E-state index contributed by atoms with van der Waals surface area (Å²) in [4.78, 5) is 1.16. The van der Waals surface area contributed by atoms with Crippen LogP contribution in [0.1, 0.15) is 23.4 Å². The Hall–Kier alpha value is -0.0500. The molecule has 0 saturated heterocycles. The molecule has 3 heteroatoms. The van der Waals surface area contributed by atoms with Crippen LogP contribution in [-0.2, 0) is 0 Å². The van der Waals surface area contributed by atoms with Crippen LogP contribution in [0, 0.1) is 6.92 Å². The van der Waals surface area contributed by atoms with Gasteiger partial charge in [-0.15, -0.1) is 11.3 Å². The van der Waals surface area contributed by atoms with Crippen molar-refractivity contribution in [3.05, 3.63) is 20.8 Å². The molecule has 2 N–H and O–H groups in total. The molecule has 10 heavy (non-hydrogen) atoms. The van der Waals surface area contributed by atoms with Gasteiger partial charge in [-0.25, -0.2) is 0 Å². The highest BCUT2D eigenvalue weighted by atomic mass is 35.5. The smallest absolute Gasteiger partial charge is 0.0960 e. The van der Waals surface area contributed by atoms with Gasteiger partial charge >= 0.3 is 0 Å². The SMILES string of the molecule is Cc1cc([C@H](C)N)sc1Cl. The Kier molecular flexibility index (Phi) is 2.34. The molecular formula is C7H10ClNS. The zero-order valence-corrected chi connectivity index (χ0v) is 7.59. The number of thiophene rings is 1. The van der Waals surface area contributed by atoms with Crippen LogP contribution in [0.15, 0.2) is 6.07 Å². The van der Waals surface area contributed by atoms with Crippen molar-refractivity contribution in [2.45, 2.75) is 19.9 Å². The average molecular weight is 176 g/mol. The third kappa shape index (κ3) is 1.51. The molecule has 0 unspecified atom stereocenters. The summed E-state index contributed by atoms with van der Waals surface area (Å²) in [6, 6.07) is 2.15. The molecular weight excluding hydrogens is 166 g/mol. The lowest BCUT2D eigenvalue weighted by molar-refractivity contribution is 0.838. The summed E-state index contributed by atoms with van der Waals surface area (Å²) in [5, 5.41) is 0. The summed E-state index contributed by atoms with van der Waals surface area (Å²) >= 11 is 7.40. The summed E-state index contributed by atoms with van der Waals surface area (Å²) in [5.74, 6) is 0. The Morgan fingerprint density at radius 3 is 2.50 bits per heavy atom. The first kappa shape index (κ1) is 8.05. The number of hydrogen-bond donors (Lipinski definition) is 1. The van der Waals surface area contributed by atoms with Gasteiger partial charge in [-0.1, -0.05) is 11.6 Å². The molecule has 56 valence electrons. The summed E-state index contributed by atoms with van der Waals surface area (Å²) < 4.78 is 0.854. The van der Waals surface area contributed by atoms with Crippen molar-refractivity contribution in [3.63, 3.8) is 0 Å². The molecule has 0 bridgehead atoms. The van der Waals surface area contributed by atoms with E-state index in [4.69, 9.17) is 17.3 Å². The van der Waals surface area contributed by atoms with Gasteiger partial charge in [0.15, 0.2) is 0 Å². The van der Waals surface area contributed by atoms with E-state index in [9.17, 15) is 0 Å². The van der Waals surface area contributed by atoms with Crippen molar-refractivity contribution in [2.75, 3.05) is 0 Å². The van der Waals surface area contributed by atoms with Crippen LogP contribution in [0.2, 0.25) is 4.34 Å². The maximum absolute atomic E-state index is 5.84. The molecule has 1 rings (SSSR count). The van der Waals surface area contributed by atoms with Crippen LogP contribution in [0.3, 0.4) is 0 Å². The summed E-state index contributed by atoms with van der Waals surface area (Å²) in [5.41, 5.74) is 6.77. The zero-order valence-electron chi connectivity index (χ0n) is 6.02. The molecule has 1 aromatic heterocycles. The second-order valence-electron chi connectivity index (χ2n) is 2.39. The van der Waals surface area contributed by atoms with Crippen LogP contribution < -0.4 is 5.73 Å². The van der Waals surface area contributed by atoms with E-state index in [2.05, 4.69) is 0 Å². The van der Waals surface area contributed by atoms with Crippen molar-refractivity contribution in [3.8, 4) is 0 Å². The fraction of sp³-hybridized carbons (Fsp3) is 0.429. The van der Waals surface area contributed by atoms with Crippen LogP contribution in [-0.4, -0.2) is 0 Å². The molecule has 1 nitrogen and oxygen atoms in total. The number of halogens is 1.